The van der Waals surface area contributed by atoms with Crippen LogP contribution in [0.15, 0.2) is 53.4 Å². The quantitative estimate of drug-likeness (QED) is 0.410. The van der Waals surface area contributed by atoms with Gasteiger partial charge in [-0.1, -0.05) is 30.3 Å². The highest BCUT2D eigenvalue weighted by atomic mass is 32.2. The van der Waals surface area contributed by atoms with Crippen molar-refractivity contribution in [1.29, 1.82) is 0 Å². The van der Waals surface area contributed by atoms with Gasteiger partial charge in [0, 0.05) is 19.2 Å². The van der Waals surface area contributed by atoms with Crippen molar-refractivity contribution >= 4 is 27.4 Å². The standard InChI is InChI=1S/C22H25N3O7S/c1-16(26)19(13-17-7-3-2-4-8-17)23-22(27)15-32-21-10-9-18(14-20(21)25(28)29)33(30,31)24-11-5-6-12-24/h2-4,7-10,14,19H,5-6,11-13,15H2,1H3,(H,23,27). The lowest BCUT2D eigenvalue weighted by molar-refractivity contribution is -0.386. The van der Waals surface area contributed by atoms with E-state index in [9.17, 15) is 28.1 Å². The van der Waals surface area contributed by atoms with E-state index in [0.29, 0.717) is 19.5 Å². The molecule has 0 radical (unpaired) electrons. The monoisotopic (exact) mass is 475 g/mol. The van der Waals surface area contributed by atoms with E-state index in [1.807, 2.05) is 30.3 Å². The zero-order valence-corrected chi connectivity index (χ0v) is 18.9. The summed E-state index contributed by atoms with van der Waals surface area (Å²) in [6.45, 7) is 1.53. The van der Waals surface area contributed by atoms with Crippen LogP contribution in [0.4, 0.5) is 5.69 Å². The molecule has 1 fully saturated rings. The van der Waals surface area contributed by atoms with Gasteiger partial charge in [-0.3, -0.25) is 19.7 Å². The molecule has 1 atom stereocenters. The van der Waals surface area contributed by atoms with Gasteiger partial charge in [-0.25, -0.2) is 8.42 Å². The minimum atomic E-state index is -3.84. The molecule has 10 nitrogen and oxygen atoms in total. The lowest BCUT2D eigenvalue weighted by Gasteiger charge is -2.17. The van der Waals surface area contributed by atoms with Crippen LogP contribution in [-0.2, 0) is 26.0 Å². The van der Waals surface area contributed by atoms with E-state index < -0.39 is 39.2 Å². The number of hydrogen-bond donors (Lipinski definition) is 1. The minimum absolute atomic E-state index is 0.201. The molecule has 0 saturated carbocycles. The number of carbonyl (C=O) groups excluding carboxylic acids is 2. The molecule has 1 aliphatic rings. The van der Waals surface area contributed by atoms with Gasteiger partial charge in [-0.05, 0) is 43.9 Å². The number of hydrogen-bond acceptors (Lipinski definition) is 7. The van der Waals surface area contributed by atoms with Crippen LogP contribution in [0.5, 0.6) is 5.75 Å². The van der Waals surface area contributed by atoms with Gasteiger partial charge in [0.2, 0.25) is 10.0 Å². The van der Waals surface area contributed by atoms with Crippen LogP contribution in [0.1, 0.15) is 25.3 Å². The average molecular weight is 476 g/mol. The number of nitro benzene ring substituents is 1. The smallest absolute Gasteiger partial charge is 0.312 e. The van der Waals surface area contributed by atoms with E-state index in [1.54, 1.807) is 0 Å². The molecule has 1 amide bonds. The molecule has 1 unspecified atom stereocenters. The number of ketones is 1. The molecule has 0 bridgehead atoms. The van der Waals surface area contributed by atoms with Crippen molar-refractivity contribution in [3.05, 3.63) is 64.2 Å². The highest BCUT2D eigenvalue weighted by molar-refractivity contribution is 7.89. The van der Waals surface area contributed by atoms with Gasteiger partial charge in [-0.2, -0.15) is 4.31 Å². The number of carbonyl (C=O) groups is 2. The zero-order chi connectivity index (χ0) is 24.0. The highest BCUT2D eigenvalue weighted by Gasteiger charge is 2.30. The summed E-state index contributed by atoms with van der Waals surface area (Å²) in [5, 5.41) is 14.1. The van der Waals surface area contributed by atoms with Crippen molar-refractivity contribution in [3.8, 4) is 5.75 Å². The third-order valence-electron chi connectivity index (χ3n) is 5.30. The predicted octanol–water partition coefficient (Wildman–Crippen LogP) is 2.07. The fourth-order valence-electron chi connectivity index (χ4n) is 3.53. The normalized spacial score (nSPS) is 15.1. The van der Waals surface area contributed by atoms with Gasteiger partial charge >= 0.3 is 5.69 Å². The van der Waals surface area contributed by atoms with Crippen molar-refractivity contribution in [1.82, 2.24) is 9.62 Å². The van der Waals surface area contributed by atoms with Gasteiger partial charge in [0.05, 0.1) is 15.9 Å². The number of amides is 1. The zero-order valence-electron chi connectivity index (χ0n) is 18.1. The van der Waals surface area contributed by atoms with E-state index >= 15 is 0 Å². The molecular formula is C22H25N3O7S. The molecule has 0 aromatic heterocycles. The van der Waals surface area contributed by atoms with Crippen LogP contribution in [0.2, 0.25) is 0 Å². The van der Waals surface area contributed by atoms with Crippen LogP contribution in [0, 0.1) is 10.1 Å². The maximum atomic E-state index is 12.7. The number of rotatable bonds is 10. The average Bonchev–Trinajstić information content (AvgIpc) is 3.33. The Morgan fingerprint density at radius 3 is 2.42 bits per heavy atom. The van der Waals surface area contributed by atoms with Crippen molar-refractivity contribution in [2.45, 2.75) is 37.1 Å². The van der Waals surface area contributed by atoms with Gasteiger partial charge in [0.1, 0.15) is 0 Å². The van der Waals surface area contributed by atoms with Gasteiger partial charge in [0.25, 0.3) is 5.91 Å². The maximum absolute atomic E-state index is 12.7. The van der Waals surface area contributed by atoms with E-state index in [-0.39, 0.29) is 16.4 Å². The summed E-state index contributed by atoms with van der Waals surface area (Å²) >= 11 is 0. The Balaban J connectivity index is 1.69. The van der Waals surface area contributed by atoms with E-state index in [0.717, 1.165) is 24.5 Å². The second-order valence-corrected chi connectivity index (χ2v) is 9.64. The lowest BCUT2D eigenvalue weighted by atomic mass is 10.0. The van der Waals surface area contributed by atoms with E-state index in [1.165, 1.54) is 23.4 Å². The topological polar surface area (TPSA) is 136 Å². The number of sulfonamides is 1. The van der Waals surface area contributed by atoms with Crippen molar-refractivity contribution in [2.24, 2.45) is 0 Å². The van der Waals surface area contributed by atoms with Crippen LogP contribution in [0.3, 0.4) is 0 Å². The van der Waals surface area contributed by atoms with E-state index in [2.05, 4.69) is 5.32 Å². The number of nitrogens with zero attached hydrogens (tertiary/aromatic N) is 2. The van der Waals surface area contributed by atoms with Crippen LogP contribution in [0.25, 0.3) is 0 Å². The first-order valence-corrected chi connectivity index (χ1v) is 11.9. The predicted molar refractivity (Wildman–Crippen MR) is 119 cm³/mol. The molecule has 0 aliphatic carbocycles. The molecule has 0 spiro atoms. The molecule has 3 rings (SSSR count). The fourth-order valence-corrected chi connectivity index (χ4v) is 5.06. The van der Waals surface area contributed by atoms with Gasteiger partial charge in [-0.15, -0.1) is 0 Å². The Morgan fingerprint density at radius 1 is 1.15 bits per heavy atom. The summed E-state index contributed by atoms with van der Waals surface area (Å²) in [6, 6.07) is 11.7. The largest absolute Gasteiger partial charge is 0.477 e. The first kappa shape index (κ1) is 24.3. The SMILES string of the molecule is CC(=O)C(Cc1ccccc1)NC(=O)COc1ccc(S(=O)(=O)N2CCCC2)cc1[N+](=O)[O-]. The minimum Gasteiger partial charge on any atom is -0.477 e. The highest BCUT2D eigenvalue weighted by Crippen LogP contribution is 2.31. The maximum Gasteiger partial charge on any atom is 0.312 e. The summed E-state index contributed by atoms with van der Waals surface area (Å²) in [6.07, 6.45) is 1.78. The van der Waals surface area contributed by atoms with Gasteiger partial charge < -0.3 is 10.1 Å². The fraction of sp³-hybridized carbons (Fsp3) is 0.364. The molecular weight excluding hydrogens is 450 g/mol. The summed E-state index contributed by atoms with van der Waals surface area (Å²) in [7, 11) is -3.84. The molecule has 2 aromatic carbocycles. The van der Waals surface area contributed by atoms with Crippen LogP contribution in [-0.4, -0.2) is 55.1 Å². The third kappa shape index (κ3) is 6.14. The van der Waals surface area contributed by atoms with Crippen molar-refractivity contribution in [2.75, 3.05) is 19.7 Å². The Labute approximate surface area is 191 Å². The molecule has 11 heteroatoms. The molecule has 176 valence electrons. The second kappa shape index (κ2) is 10.5. The molecule has 2 aromatic rings. The summed E-state index contributed by atoms with van der Waals surface area (Å²) in [5.41, 5.74) is 0.305. The van der Waals surface area contributed by atoms with Gasteiger partial charge in [0.15, 0.2) is 18.1 Å². The van der Waals surface area contributed by atoms with Crippen molar-refractivity contribution < 1.29 is 27.7 Å². The second-order valence-electron chi connectivity index (χ2n) is 7.71. The Bertz CT molecular complexity index is 1130. The van der Waals surface area contributed by atoms with Crippen LogP contribution >= 0.6 is 0 Å². The molecule has 1 aliphatic heterocycles. The van der Waals surface area contributed by atoms with Crippen molar-refractivity contribution in [3.63, 3.8) is 0 Å². The number of nitro groups is 1. The summed E-state index contributed by atoms with van der Waals surface area (Å²) in [4.78, 5) is 34.8. The molecule has 1 saturated heterocycles. The number of ether oxygens (including phenoxy) is 1. The lowest BCUT2D eigenvalue weighted by Crippen LogP contribution is -2.43. The Hall–Kier alpha value is -3.31. The first-order chi connectivity index (χ1) is 15.7. The Kier molecular flexibility index (Phi) is 7.77. The number of benzene rings is 2. The first-order valence-electron chi connectivity index (χ1n) is 10.4. The number of nitrogens with one attached hydrogen (secondary N) is 1. The van der Waals surface area contributed by atoms with E-state index in [4.69, 9.17) is 4.74 Å². The third-order valence-corrected chi connectivity index (χ3v) is 7.19. The summed E-state index contributed by atoms with van der Waals surface area (Å²) < 4.78 is 32.0. The molecule has 1 heterocycles. The molecule has 33 heavy (non-hydrogen) atoms. The molecule has 1 N–H and O–H groups in total. The summed E-state index contributed by atoms with van der Waals surface area (Å²) in [5.74, 6) is -1.11. The van der Waals surface area contributed by atoms with Crippen LogP contribution < -0.4 is 10.1 Å². The number of Topliss-reactive ketones (excluding diaryl/α,β-unsaturated/α-hetero) is 1. The Morgan fingerprint density at radius 2 is 1.82 bits per heavy atom.